The Bertz CT molecular complexity index is 1040. The van der Waals surface area contributed by atoms with E-state index in [9.17, 15) is 9.59 Å². The summed E-state index contributed by atoms with van der Waals surface area (Å²) in [4.78, 5) is 26.7. The van der Waals surface area contributed by atoms with Gasteiger partial charge in [0, 0.05) is 40.4 Å². The number of dihydropyridines is 1. The summed E-state index contributed by atoms with van der Waals surface area (Å²) in [6.45, 7) is 9.29. The first kappa shape index (κ1) is 23.8. The second-order valence-corrected chi connectivity index (χ2v) is 10.3. The van der Waals surface area contributed by atoms with Crippen molar-refractivity contribution < 1.29 is 28.5 Å². The van der Waals surface area contributed by atoms with Crippen molar-refractivity contribution in [1.29, 1.82) is 0 Å². The molecule has 0 saturated carbocycles. The van der Waals surface area contributed by atoms with Gasteiger partial charge in [-0.25, -0.2) is 4.79 Å². The predicted octanol–water partition coefficient (Wildman–Crippen LogP) is 4.75. The first-order valence-corrected chi connectivity index (χ1v) is 12.1. The molecule has 1 atom stereocenters. The maximum absolute atomic E-state index is 13.4. The van der Waals surface area contributed by atoms with Crippen LogP contribution in [0.25, 0.3) is 0 Å². The van der Waals surface area contributed by atoms with Gasteiger partial charge in [0.25, 0.3) is 0 Å². The summed E-state index contributed by atoms with van der Waals surface area (Å²) in [6, 6.07) is 3.68. The zero-order chi connectivity index (χ0) is 23.8. The molecule has 0 radical (unpaired) electrons. The fourth-order valence-electron chi connectivity index (χ4n) is 4.69. The second kappa shape index (κ2) is 9.50. The van der Waals surface area contributed by atoms with E-state index in [4.69, 9.17) is 18.9 Å². The average Bonchev–Trinajstić information content (AvgIpc) is 3.18. The molecule has 0 saturated heterocycles. The van der Waals surface area contributed by atoms with Crippen molar-refractivity contribution in [3.63, 3.8) is 0 Å². The lowest BCUT2D eigenvalue weighted by molar-refractivity contribution is -0.141. The van der Waals surface area contributed by atoms with Crippen LogP contribution in [0.3, 0.4) is 0 Å². The minimum absolute atomic E-state index is 0.0346. The van der Waals surface area contributed by atoms with Crippen LogP contribution in [0.2, 0.25) is 0 Å². The zero-order valence-corrected chi connectivity index (χ0v) is 21.1. The van der Waals surface area contributed by atoms with Gasteiger partial charge in [-0.2, -0.15) is 0 Å². The number of ether oxygens (including phenoxy) is 4. The zero-order valence-electron chi connectivity index (χ0n) is 19.5. The highest BCUT2D eigenvalue weighted by molar-refractivity contribution is 9.10. The molecule has 1 aromatic carbocycles. The van der Waals surface area contributed by atoms with Gasteiger partial charge in [0.15, 0.2) is 17.3 Å². The Morgan fingerprint density at radius 1 is 1.18 bits per heavy atom. The second-order valence-electron chi connectivity index (χ2n) is 9.41. The Kier molecular flexibility index (Phi) is 6.86. The molecule has 3 aliphatic rings. The molecule has 0 spiro atoms. The summed E-state index contributed by atoms with van der Waals surface area (Å²) in [5, 5.41) is 3.35. The predicted molar refractivity (Wildman–Crippen MR) is 126 cm³/mol. The lowest BCUT2D eigenvalue weighted by atomic mass is 9.68. The first-order valence-electron chi connectivity index (χ1n) is 11.3. The molecule has 33 heavy (non-hydrogen) atoms. The molecule has 2 aliphatic heterocycles. The van der Waals surface area contributed by atoms with E-state index in [2.05, 4.69) is 35.1 Å². The molecule has 8 heteroatoms. The van der Waals surface area contributed by atoms with Gasteiger partial charge >= 0.3 is 5.97 Å². The number of carbonyl (C=O) groups is 2. The Morgan fingerprint density at radius 2 is 1.91 bits per heavy atom. The van der Waals surface area contributed by atoms with Crippen LogP contribution in [0.15, 0.2) is 39.1 Å². The largest absolute Gasteiger partial charge is 0.460 e. The van der Waals surface area contributed by atoms with Crippen molar-refractivity contribution in [2.24, 2.45) is 5.41 Å². The SMILES string of the molecule is CCCOCCOC(=O)C1=C(C)NC2=C(C(=O)CC(C)(C)C2)C1c1cc2c(cc1Br)OCO2. The molecule has 2 heterocycles. The molecule has 178 valence electrons. The summed E-state index contributed by atoms with van der Waals surface area (Å²) in [7, 11) is 0. The van der Waals surface area contributed by atoms with Gasteiger partial charge < -0.3 is 24.3 Å². The van der Waals surface area contributed by atoms with Crippen LogP contribution in [-0.4, -0.2) is 38.4 Å². The van der Waals surface area contributed by atoms with Gasteiger partial charge in [-0.3, -0.25) is 4.79 Å². The van der Waals surface area contributed by atoms with Crippen LogP contribution in [0.5, 0.6) is 11.5 Å². The van der Waals surface area contributed by atoms with Gasteiger partial charge in [-0.15, -0.1) is 0 Å². The molecule has 0 fully saturated rings. The summed E-state index contributed by atoms with van der Waals surface area (Å²) in [5.41, 5.74) is 3.22. The number of esters is 1. The van der Waals surface area contributed by atoms with Crippen molar-refractivity contribution >= 4 is 27.7 Å². The Morgan fingerprint density at radius 3 is 2.64 bits per heavy atom. The Labute approximate surface area is 202 Å². The maximum atomic E-state index is 13.4. The summed E-state index contributed by atoms with van der Waals surface area (Å²) in [5.74, 6) is 0.225. The molecule has 1 unspecified atom stereocenters. The van der Waals surface area contributed by atoms with Crippen molar-refractivity contribution in [3.05, 3.63) is 44.7 Å². The molecule has 1 aliphatic carbocycles. The van der Waals surface area contributed by atoms with E-state index in [1.807, 2.05) is 26.0 Å². The van der Waals surface area contributed by atoms with Crippen molar-refractivity contribution in [1.82, 2.24) is 5.32 Å². The minimum Gasteiger partial charge on any atom is -0.460 e. The first-order chi connectivity index (χ1) is 15.7. The molecule has 1 N–H and O–H groups in total. The third-order valence-corrected chi connectivity index (χ3v) is 6.76. The number of fused-ring (bicyclic) bond motifs is 1. The molecule has 4 rings (SSSR count). The van der Waals surface area contributed by atoms with Gasteiger partial charge in [-0.1, -0.05) is 36.7 Å². The van der Waals surface area contributed by atoms with Crippen LogP contribution < -0.4 is 14.8 Å². The number of ketones is 1. The van der Waals surface area contributed by atoms with E-state index in [1.165, 1.54) is 0 Å². The fraction of sp³-hybridized carbons (Fsp3) is 0.520. The fourth-order valence-corrected chi connectivity index (χ4v) is 5.24. The molecule has 0 bridgehead atoms. The lowest BCUT2D eigenvalue weighted by Crippen LogP contribution is -2.39. The van der Waals surface area contributed by atoms with Gasteiger partial charge in [0.1, 0.15) is 6.61 Å². The van der Waals surface area contributed by atoms with Crippen LogP contribution >= 0.6 is 15.9 Å². The van der Waals surface area contributed by atoms with Crippen LogP contribution in [-0.2, 0) is 19.1 Å². The third kappa shape index (κ3) is 4.82. The van der Waals surface area contributed by atoms with E-state index < -0.39 is 11.9 Å². The van der Waals surface area contributed by atoms with E-state index in [0.717, 1.165) is 28.6 Å². The van der Waals surface area contributed by atoms with Crippen molar-refractivity contribution in [2.45, 2.75) is 52.9 Å². The molecule has 7 nitrogen and oxygen atoms in total. The highest BCUT2D eigenvalue weighted by atomic mass is 79.9. The quantitative estimate of drug-likeness (QED) is 0.411. The monoisotopic (exact) mass is 519 g/mol. The number of hydrogen-bond acceptors (Lipinski definition) is 7. The molecular formula is C25H30BrNO6. The number of nitrogens with one attached hydrogen (secondary N) is 1. The molecular weight excluding hydrogens is 490 g/mol. The van der Waals surface area contributed by atoms with Crippen molar-refractivity contribution in [2.75, 3.05) is 26.6 Å². The standard InChI is InChI=1S/C25H30BrNO6/c1-5-6-30-7-8-31-24(29)21-14(2)27-17-11-25(3,4)12-18(28)23(17)22(21)15-9-19-20(10-16(15)26)33-13-32-19/h9-10,22,27H,5-8,11-13H2,1-4H3. The molecule has 0 aromatic heterocycles. The number of rotatable bonds is 7. The lowest BCUT2D eigenvalue weighted by Gasteiger charge is -2.39. The van der Waals surface area contributed by atoms with Crippen LogP contribution in [0.4, 0.5) is 0 Å². The highest BCUT2D eigenvalue weighted by Crippen LogP contribution is 2.50. The Hall–Kier alpha value is -2.32. The smallest absolute Gasteiger partial charge is 0.336 e. The summed E-state index contributed by atoms with van der Waals surface area (Å²) < 4.78 is 22.9. The Balaban J connectivity index is 1.74. The van der Waals surface area contributed by atoms with Crippen molar-refractivity contribution in [3.8, 4) is 11.5 Å². The third-order valence-electron chi connectivity index (χ3n) is 6.07. The number of carbonyl (C=O) groups excluding carboxylic acids is 2. The highest BCUT2D eigenvalue weighted by Gasteiger charge is 2.44. The summed E-state index contributed by atoms with van der Waals surface area (Å²) >= 11 is 3.64. The van der Waals surface area contributed by atoms with E-state index in [-0.39, 0.29) is 24.6 Å². The van der Waals surface area contributed by atoms with Crippen LogP contribution in [0, 0.1) is 5.41 Å². The van der Waals surface area contributed by atoms with E-state index in [0.29, 0.717) is 48.0 Å². The van der Waals surface area contributed by atoms with Gasteiger partial charge in [-0.05, 0) is 42.9 Å². The number of halogens is 1. The number of hydrogen-bond donors (Lipinski definition) is 1. The van der Waals surface area contributed by atoms with Gasteiger partial charge in [0.05, 0.1) is 12.2 Å². The number of benzene rings is 1. The molecule has 1 aromatic rings. The normalized spacial score (nSPS) is 21.1. The van der Waals surface area contributed by atoms with Crippen LogP contribution in [0.1, 0.15) is 58.4 Å². The van der Waals surface area contributed by atoms with E-state index in [1.54, 1.807) is 0 Å². The maximum Gasteiger partial charge on any atom is 0.336 e. The number of Topliss-reactive ketones (excluding diaryl/α,β-unsaturated/α-hetero) is 1. The average molecular weight is 520 g/mol. The molecule has 0 amide bonds. The number of allylic oxidation sites excluding steroid dienone is 3. The van der Waals surface area contributed by atoms with Gasteiger partial charge in [0.2, 0.25) is 6.79 Å². The topological polar surface area (TPSA) is 83.1 Å². The summed E-state index contributed by atoms with van der Waals surface area (Å²) in [6.07, 6.45) is 2.04. The minimum atomic E-state index is -0.571. The van der Waals surface area contributed by atoms with E-state index >= 15 is 0 Å².